The van der Waals surface area contributed by atoms with Crippen LogP contribution in [0.3, 0.4) is 0 Å². The van der Waals surface area contributed by atoms with Crippen molar-refractivity contribution in [2.24, 2.45) is 0 Å². The van der Waals surface area contributed by atoms with E-state index in [2.05, 4.69) is 0 Å². The highest BCUT2D eigenvalue weighted by Gasteiger charge is 2.59. The lowest BCUT2D eigenvalue weighted by Crippen LogP contribution is -2.46. The predicted octanol–water partition coefficient (Wildman–Crippen LogP) is 4.11. The maximum absolute atomic E-state index is 13.8. The summed E-state index contributed by atoms with van der Waals surface area (Å²) in [5.41, 5.74) is -2.77. The van der Waals surface area contributed by atoms with Crippen molar-refractivity contribution in [3.63, 3.8) is 0 Å². The number of carbonyl (C=O) groups excluding carboxylic acids is 1. The quantitative estimate of drug-likeness (QED) is 0.751. The Hall–Kier alpha value is -2.68. The number of alkyl halides is 3. The van der Waals surface area contributed by atoms with Gasteiger partial charge in [-0.25, -0.2) is 0 Å². The molecule has 0 aliphatic carbocycles. The predicted molar refractivity (Wildman–Crippen MR) is 101 cm³/mol. The lowest BCUT2D eigenvalue weighted by atomic mass is 9.94. The van der Waals surface area contributed by atoms with Gasteiger partial charge in [0.2, 0.25) is 11.5 Å². The molecule has 0 bridgehead atoms. The standard InChI is InChI=1S/C21H24F3NO5/c1-13-6-9-18(30-13)20(27,21(22,23)24)12-19(26)25-10-4-5-16(25)15-11-14(28-2)7-8-17(15)29-3/h6-9,11,16,27H,4-5,10,12H2,1-3H3/t16-,20-/m0/s1. The minimum absolute atomic E-state index is 0.209. The van der Waals surface area contributed by atoms with Crippen molar-refractivity contribution in [3.05, 3.63) is 47.4 Å². The molecule has 1 fully saturated rings. The molecule has 0 unspecified atom stereocenters. The molecule has 1 amide bonds. The monoisotopic (exact) mass is 427 g/mol. The van der Waals surface area contributed by atoms with Crippen LogP contribution in [0.2, 0.25) is 0 Å². The molecule has 0 saturated carbocycles. The van der Waals surface area contributed by atoms with Gasteiger partial charge in [-0.2, -0.15) is 13.2 Å². The fourth-order valence-electron chi connectivity index (χ4n) is 3.79. The third-order valence-corrected chi connectivity index (χ3v) is 5.39. The number of halogens is 3. The molecule has 9 heteroatoms. The molecule has 164 valence electrons. The summed E-state index contributed by atoms with van der Waals surface area (Å²) in [6.45, 7) is 1.74. The number of rotatable bonds is 6. The van der Waals surface area contributed by atoms with Gasteiger partial charge in [0.1, 0.15) is 23.0 Å². The summed E-state index contributed by atoms with van der Waals surface area (Å²) in [5.74, 6) is -0.261. The molecule has 2 atom stereocenters. The zero-order valence-electron chi connectivity index (χ0n) is 17.0. The first-order chi connectivity index (χ1) is 14.1. The van der Waals surface area contributed by atoms with Crippen LogP contribution in [0.15, 0.2) is 34.7 Å². The van der Waals surface area contributed by atoms with Crippen LogP contribution in [-0.2, 0) is 10.4 Å². The van der Waals surface area contributed by atoms with Gasteiger partial charge in [-0.1, -0.05) is 0 Å². The third kappa shape index (κ3) is 3.98. The van der Waals surface area contributed by atoms with Crippen LogP contribution >= 0.6 is 0 Å². The van der Waals surface area contributed by atoms with Gasteiger partial charge >= 0.3 is 6.18 Å². The van der Waals surface area contributed by atoms with Crippen molar-refractivity contribution >= 4 is 5.91 Å². The fourth-order valence-corrected chi connectivity index (χ4v) is 3.79. The summed E-state index contributed by atoms with van der Waals surface area (Å²) < 4.78 is 56.9. The number of ether oxygens (including phenoxy) is 2. The molecule has 1 aromatic heterocycles. The summed E-state index contributed by atoms with van der Waals surface area (Å²) in [6, 6.07) is 6.97. The van der Waals surface area contributed by atoms with E-state index in [1.54, 1.807) is 18.2 Å². The third-order valence-electron chi connectivity index (χ3n) is 5.39. The zero-order valence-corrected chi connectivity index (χ0v) is 17.0. The van der Waals surface area contributed by atoms with E-state index in [9.17, 15) is 23.1 Å². The van der Waals surface area contributed by atoms with Crippen LogP contribution in [0.4, 0.5) is 13.2 Å². The van der Waals surface area contributed by atoms with Crippen molar-refractivity contribution in [2.45, 2.75) is 44.0 Å². The molecule has 30 heavy (non-hydrogen) atoms. The highest BCUT2D eigenvalue weighted by atomic mass is 19.4. The number of carbonyl (C=O) groups is 1. The van der Waals surface area contributed by atoms with Gasteiger partial charge in [0.15, 0.2) is 0 Å². The number of likely N-dealkylation sites (tertiary alicyclic amines) is 1. The highest BCUT2D eigenvalue weighted by Crippen LogP contribution is 2.45. The van der Waals surface area contributed by atoms with Gasteiger partial charge in [-0.3, -0.25) is 4.79 Å². The van der Waals surface area contributed by atoms with Crippen molar-refractivity contribution in [2.75, 3.05) is 20.8 Å². The lowest BCUT2D eigenvalue weighted by Gasteiger charge is -2.32. The second kappa shape index (κ2) is 8.22. The topological polar surface area (TPSA) is 72.1 Å². The van der Waals surface area contributed by atoms with Gasteiger partial charge in [0.05, 0.1) is 26.7 Å². The molecule has 1 aromatic carbocycles. The number of aliphatic hydroxyl groups is 1. The van der Waals surface area contributed by atoms with E-state index in [-0.39, 0.29) is 12.3 Å². The maximum Gasteiger partial charge on any atom is 0.425 e. The second-order valence-corrected chi connectivity index (χ2v) is 7.30. The normalized spacial score (nSPS) is 18.9. The van der Waals surface area contributed by atoms with Crippen LogP contribution in [-0.4, -0.2) is 42.9 Å². The minimum Gasteiger partial charge on any atom is -0.497 e. The van der Waals surface area contributed by atoms with E-state index in [0.717, 1.165) is 6.07 Å². The number of aryl methyl sites for hydroxylation is 1. The van der Waals surface area contributed by atoms with E-state index in [0.29, 0.717) is 29.9 Å². The van der Waals surface area contributed by atoms with Crippen molar-refractivity contribution in [1.82, 2.24) is 4.90 Å². The van der Waals surface area contributed by atoms with Crippen LogP contribution < -0.4 is 9.47 Å². The van der Waals surface area contributed by atoms with Gasteiger partial charge in [-0.05, 0) is 50.1 Å². The van der Waals surface area contributed by atoms with Crippen LogP contribution in [0.5, 0.6) is 11.5 Å². The maximum atomic E-state index is 13.8. The van der Waals surface area contributed by atoms with Crippen LogP contribution in [0.1, 0.15) is 42.4 Å². The molecule has 1 N–H and O–H groups in total. The Morgan fingerprint density at radius 1 is 1.23 bits per heavy atom. The molecule has 1 aliphatic rings. The lowest BCUT2D eigenvalue weighted by molar-refractivity contribution is -0.274. The first-order valence-electron chi connectivity index (χ1n) is 9.48. The summed E-state index contributed by atoms with van der Waals surface area (Å²) in [4.78, 5) is 14.3. The molecule has 2 heterocycles. The minimum atomic E-state index is -5.09. The smallest absolute Gasteiger partial charge is 0.425 e. The Kier molecular flexibility index (Phi) is 6.03. The molecular formula is C21H24F3NO5. The Bertz CT molecular complexity index is 910. The van der Waals surface area contributed by atoms with Crippen molar-refractivity contribution in [1.29, 1.82) is 0 Å². The zero-order chi connectivity index (χ0) is 22.1. The largest absolute Gasteiger partial charge is 0.497 e. The molecule has 0 radical (unpaired) electrons. The Morgan fingerprint density at radius 3 is 2.53 bits per heavy atom. The average Bonchev–Trinajstić information content (AvgIpc) is 3.35. The number of methoxy groups -OCH3 is 2. The Morgan fingerprint density at radius 2 is 1.97 bits per heavy atom. The summed E-state index contributed by atoms with van der Waals surface area (Å²) >= 11 is 0. The average molecular weight is 427 g/mol. The number of nitrogens with zero attached hydrogens (tertiary/aromatic N) is 1. The van der Waals surface area contributed by atoms with E-state index in [4.69, 9.17) is 13.9 Å². The van der Waals surface area contributed by atoms with Crippen molar-refractivity contribution in [3.8, 4) is 11.5 Å². The van der Waals surface area contributed by atoms with Gasteiger partial charge < -0.3 is 23.9 Å². The van der Waals surface area contributed by atoms with Gasteiger partial charge in [0, 0.05) is 12.1 Å². The summed E-state index contributed by atoms with van der Waals surface area (Å²) in [7, 11) is 2.98. The van der Waals surface area contributed by atoms with E-state index in [1.165, 1.54) is 32.1 Å². The molecular weight excluding hydrogens is 403 g/mol. The number of hydrogen-bond acceptors (Lipinski definition) is 5. The molecule has 0 spiro atoms. The summed E-state index contributed by atoms with van der Waals surface area (Å²) in [6.07, 6.45) is -5.09. The highest BCUT2D eigenvalue weighted by molar-refractivity contribution is 5.78. The molecule has 3 rings (SSSR count). The molecule has 1 aliphatic heterocycles. The number of benzene rings is 1. The second-order valence-electron chi connectivity index (χ2n) is 7.30. The summed E-state index contributed by atoms with van der Waals surface area (Å²) in [5, 5.41) is 10.5. The van der Waals surface area contributed by atoms with Gasteiger partial charge in [0.25, 0.3) is 0 Å². The molecule has 6 nitrogen and oxygen atoms in total. The number of furan rings is 1. The van der Waals surface area contributed by atoms with Crippen molar-refractivity contribution < 1.29 is 37.0 Å². The Balaban J connectivity index is 1.92. The van der Waals surface area contributed by atoms with Gasteiger partial charge in [-0.15, -0.1) is 0 Å². The van der Waals surface area contributed by atoms with E-state index < -0.39 is 35.9 Å². The molecule has 2 aromatic rings. The fraction of sp³-hybridized carbons (Fsp3) is 0.476. The first kappa shape index (κ1) is 22.0. The SMILES string of the molecule is COc1ccc(OC)c([C@@H]2CCCN2C(=O)C[C@](O)(c2ccc(C)o2)C(F)(F)F)c1. The van der Waals surface area contributed by atoms with E-state index in [1.807, 2.05) is 0 Å². The molecule has 1 saturated heterocycles. The first-order valence-corrected chi connectivity index (χ1v) is 9.48. The van der Waals surface area contributed by atoms with Crippen LogP contribution in [0.25, 0.3) is 0 Å². The number of amides is 1. The Labute approximate surface area is 172 Å². The van der Waals surface area contributed by atoms with E-state index >= 15 is 0 Å². The van der Waals surface area contributed by atoms with Crippen LogP contribution in [0, 0.1) is 6.92 Å². The number of hydrogen-bond donors (Lipinski definition) is 1.